The van der Waals surface area contributed by atoms with Crippen LogP contribution in [0.2, 0.25) is 0 Å². The number of nitrogens with zero attached hydrogens (tertiary/aromatic N) is 4. The van der Waals surface area contributed by atoms with Gasteiger partial charge in [0.1, 0.15) is 11.6 Å². The molecule has 0 spiro atoms. The van der Waals surface area contributed by atoms with Crippen LogP contribution >= 0.6 is 0 Å². The lowest BCUT2D eigenvalue weighted by Crippen LogP contribution is -2.43. The van der Waals surface area contributed by atoms with E-state index in [1.165, 1.54) is 0 Å². The van der Waals surface area contributed by atoms with Gasteiger partial charge in [-0.3, -0.25) is 5.32 Å². The average Bonchev–Trinajstić information content (AvgIpc) is 2.85. The molecule has 0 bridgehead atoms. The van der Waals surface area contributed by atoms with Crippen LogP contribution in [0.3, 0.4) is 0 Å². The van der Waals surface area contributed by atoms with Gasteiger partial charge in [-0.05, 0) is 25.8 Å². The smallest absolute Gasteiger partial charge is 0.212 e. The largest absolute Gasteiger partial charge is 0.323 e. The summed E-state index contributed by atoms with van der Waals surface area (Å²) in [6, 6.07) is 4.42. The van der Waals surface area contributed by atoms with Crippen LogP contribution in [0, 0.1) is 22.7 Å². The number of aromatic nitrogens is 2. The molecule has 0 saturated heterocycles. The fourth-order valence-corrected chi connectivity index (χ4v) is 2.06. The summed E-state index contributed by atoms with van der Waals surface area (Å²) in [4.78, 5) is 3.95. The van der Waals surface area contributed by atoms with Crippen molar-refractivity contribution in [2.75, 3.05) is 6.54 Å². The molecule has 0 radical (unpaired) electrons. The molecular formula is C13H19N5. The standard InChI is InChI=1S/C13H19N5/c1-3-13(11-15,17-4-2)6-5-8-18-9-7-16-12(18)10-14/h7,9,17H,3-6,8H2,1-2H3. The Kier molecular flexibility index (Phi) is 5.35. The van der Waals surface area contributed by atoms with Gasteiger partial charge >= 0.3 is 0 Å². The fraction of sp³-hybridized carbons (Fsp3) is 0.615. The highest BCUT2D eigenvalue weighted by Gasteiger charge is 2.25. The molecule has 1 aromatic heterocycles. The molecular weight excluding hydrogens is 226 g/mol. The van der Waals surface area contributed by atoms with Crippen molar-refractivity contribution in [2.24, 2.45) is 0 Å². The van der Waals surface area contributed by atoms with E-state index in [2.05, 4.69) is 16.4 Å². The lowest BCUT2D eigenvalue weighted by Gasteiger charge is -2.26. The van der Waals surface area contributed by atoms with Gasteiger partial charge in [0.05, 0.1) is 6.07 Å². The number of hydrogen-bond acceptors (Lipinski definition) is 4. The van der Waals surface area contributed by atoms with E-state index in [0.29, 0.717) is 5.82 Å². The zero-order valence-electron chi connectivity index (χ0n) is 11.0. The third-order valence-corrected chi connectivity index (χ3v) is 3.15. The van der Waals surface area contributed by atoms with Crippen LogP contribution in [0.5, 0.6) is 0 Å². The number of imidazole rings is 1. The molecule has 0 aliphatic carbocycles. The molecule has 1 unspecified atom stereocenters. The van der Waals surface area contributed by atoms with E-state index >= 15 is 0 Å². The minimum atomic E-state index is -0.442. The van der Waals surface area contributed by atoms with E-state index in [-0.39, 0.29) is 0 Å². The molecule has 0 aliphatic rings. The SMILES string of the molecule is CCNC(C#N)(CC)CCCn1ccnc1C#N. The lowest BCUT2D eigenvalue weighted by molar-refractivity contribution is 0.362. The number of hydrogen-bond donors (Lipinski definition) is 1. The van der Waals surface area contributed by atoms with Crippen LogP contribution in [0.1, 0.15) is 38.9 Å². The zero-order valence-corrected chi connectivity index (χ0v) is 11.0. The zero-order chi connectivity index (χ0) is 13.4. The van der Waals surface area contributed by atoms with Gasteiger partial charge in [-0.2, -0.15) is 10.5 Å². The molecule has 0 fully saturated rings. The first kappa shape index (κ1) is 14.2. The van der Waals surface area contributed by atoms with Crippen molar-refractivity contribution < 1.29 is 0 Å². The molecule has 1 aromatic rings. The molecule has 18 heavy (non-hydrogen) atoms. The van der Waals surface area contributed by atoms with Gasteiger partial charge in [0.2, 0.25) is 5.82 Å². The summed E-state index contributed by atoms with van der Waals surface area (Å²) in [7, 11) is 0. The number of rotatable bonds is 7. The van der Waals surface area contributed by atoms with Gasteiger partial charge in [-0.25, -0.2) is 4.98 Å². The van der Waals surface area contributed by atoms with Crippen LogP contribution < -0.4 is 5.32 Å². The van der Waals surface area contributed by atoms with Gasteiger partial charge in [-0.1, -0.05) is 13.8 Å². The predicted molar refractivity (Wildman–Crippen MR) is 68.5 cm³/mol. The quantitative estimate of drug-likeness (QED) is 0.794. The predicted octanol–water partition coefficient (Wildman–Crippen LogP) is 1.82. The molecule has 1 rings (SSSR count). The molecule has 1 N–H and O–H groups in total. The first-order valence-electron chi connectivity index (χ1n) is 6.29. The Balaban J connectivity index is 2.55. The second kappa shape index (κ2) is 6.78. The van der Waals surface area contributed by atoms with E-state index in [1.54, 1.807) is 12.4 Å². The normalized spacial score (nSPS) is 13.6. The van der Waals surface area contributed by atoms with Gasteiger partial charge in [0.15, 0.2) is 0 Å². The summed E-state index contributed by atoms with van der Waals surface area (Å²) in [5.41, 5.74) is -0.442. The molecule has 1 atom stereocenters. The van der Waals surface area contributed by atoms with Crippen LogP contribution in [-0.4, -0.2) is 21.6 Å². The molecule has 0 aromatic carbocycles. The van der Waals surface area contributed by atoms with Crippen LogP contribution in [0.4, 0.5) is 0 Å². The molecule has 0 aliphatic heterocycles. The maximum absolute atomic E-state index is 9.28. The minimum Gasteiger partial charge on any atom is -0.323 e. The van der Waals surface area contributed by atoms with Crippen LogP contribution in [0.15, 0.2) is 12.4 Å². The molecule has 96 valence electrons. The first-order valence-corrected chi connectivity index (χ1v) is 6.29. The Morgan fingerprint density at radius 2 is 2.22 bits per heavy atom. The van der Waals surface area contributed by atoms with E-state index in [9.17, 15) is 5.26 Å². The second-order valence-electron chi connectivity index (χ2n) is 4.24. The third-order valence-electron chi connectivity index (χ3n) is 3.15. The Hall–Kier alpha value is -1.85. The second-order valence-corrected chi connectivity index (χ2v) is 4.24. The maximum Gasteiger partial charge on any atom is 0.212 e. The third kappa shape index (κ3) is 3.32. The molecule has 5 heteroatoms. The topological polar surface area (TPSA) is 77.4 Å². The maximum atomic E-state index is 9.28. The molecule has 1 heterocycles. The van der Waals surface area contributed by atoms with E-state index < -0.39 is 5.54 Å². The van der Waals surface area contributed by atoms with E-state index in [4.69, 9.17) is 5.26 Å². The molecule has 5 nitrogen and oxygen atoms in total. The highest BCUT2D eigenvalue weighted by molar-refractivity contribution is 5.11. The summed E-state index contributed by atoms with van der Waals surface area (Å²) >= 11 is 0. The molecule has 0 amide bonds. The summed E-state index contributed by atoms with van der Waals surface area (Å²) < 4.78 is 1.82. The number of nitriles is 2. The summed E-state index contributed by atoms with van der Waals surface area (Å²) in [6.45, 7) is 5.53. The van der Waals surface area contributed by atoms with Crippen molar-refractivity contribution in [3.63, 3.8) is 0 Å². The van der Waals surface area contributed by atoms with Crippen molar-refractivity contribution in [2.45, 2.75) is 45.2 Å². The lowest BCUT2D eigenvalue weighted by atomic mass is 9.92. The Labute approximate surface area is 108 Å². The van der Waals surface area contributed by atoms with Crippen molar-refractivity contribution in [3.8, 4) is 12.1 Å². The summed E-state index contributed by atoms with van der Waals surface area (Å²) in [5, 5.41) is 21.4. The van der Waals surface area contributed by atoms with Crippen molar-refractivity contribution in [1.82, 2.24) is 14.9 Å². The number of nitrogens with one attached hydrogen (secondary N) is 1. The number of aryl methyl sites for hydroxylation is 1. The highest BCUT2D eigenvalue weighted by atomic mass is 15.1. The van der Waals surface area contributed by atoms with E-state index in [0.717, 1.165) is 32.4 Å². The average molecular weight is 245 g/mol. The van der Waals surface area contributed by atoms with E-state index in [1.807, 2.05) is 24.5 Å². The summed E-state index contributed by atoms with van der Waals surface area (Å²) in [6.07, 6.45) is 5.83. The van der Waals surface area contributed by atoms with Crippen molar-refractivity contribution in [1.29, 1.82) is 10.5 Å². The van der Waals surface area contributed by atoms with Gasteiger partial charge in [0.25, 0.3) is 0 Å². The van der Waals surface area contributed by atoms with Gasteiger partial charge in [-0.15, -0.1) is 0 Å². The van der Waals surface area contributed by atoms with Crippen molar-refractivity contribution in [3.05, 3.63) is 18.2 Å². The van der Waals surface area contributed by atoms with Crippen molar-refractivity contribution >= 4 is 0 Å². The highest BCUT2D eigenvalue weighted by Crippen LogP contribution is 2.17. The van der Waals surface area contributed by atoms with Crippen LogP contribution in [-0.2, 0) is 6.54 Å². The monoisotopic (exact) mass is 245 g/mol. The fourth-order valence-electron chi connectivity index (χ4n) is 2.06. The van der Waals surface area contributed by atoms with Gasteiger partial charge in [0, 0.05) is 18.9 Å². The van der Waals surface area contributed by atoms with Gasteiger partial charge < -0.3 is 4.57 Å². The Morgan fingerprint density at radius 1 is 1.44 bits per heavy atom. The van der Waals surface area contributed by atoms with Crippen LogP contribution in [0.25, 0.3) is 0 Å². The Morgan fingerprint density at radius 3 is 2.78 bits per heavy atom. The first-order chi connectivity index (χ1) is 8.71. The molecule has 0 saturated carbocycles. The Bertz CT molecular complexity index is 451. The summed E-state index contributed by atoms with van der Waals surface area (Å²) in [5.74, 6) is 0.428. The minimum absolute atomic E-state index is 0.428.